The Morgan fingerprint density at radius 2 is 2.17 bits per heavy atom. The molecular formula is C11H20N4O2S. The third kappa shape index (κ3) is 4.58. The van der Waals surface area contributed by atoms with E-state index in [1.54, 1.807) is 7.11 Å². The fourth-order valence-corrected chi connectivity index (χ4v) is 1.74. The maximum atomic E-state index is 11.8. The van der Waals surface area contributed by atoms with Crippen molar-refractivity contribution in [1.29, 1.82) is 0 Å². The van der Waals surface area contributed by atoms with Gasteiger partial charge in [-0.25, -0.2) is 0 Å². The van der Waals surface area contributed by atoms with E-state index in [1.807, 2.05) is 13.8 Å². The number of nitrogens with zero attached hydrogens (tertiary/aromatic N) is 2. The first-order valence-corrected chi connectivity index (χ1v) is 6.71. The maximum Gasteiger partial charge on any atom is 0.282 e. The summed E-state index contributed by atoms with van der Waals surface area (Å²) in [6, 6.07) is 0. The van der Waals surface area contributed by atoms with Gasteiger partial charge < -0.3 is 15.4 Å². The molecule has 1 rings (SSSR count). The number of ether oxygens (including phenoxy) is 1. The van der Waals surface area contributed by atoms with Crippen LogP contribution in [0.1, 0.15) is 37.0 Å². The molecule has 102 valence electrons. The molecule has 2 N–H and O–H groups in total. The Labute approximate surface area is 111 Å². The number of nitrogens with one attached hydrogen (secondary N) is 2. The summed E-state index contributed by atoms with van der Waals surface area (Å²) >= 11 is 1.25. The molecule has 1 amide bonds. The highest BCUT2D eigenvalue weighted by atomic mass is 32.1. The fraction of sp³-hybridized carbons (Fsp3) is 0.727. The first kappa shape index (κ1) is 14.8. The SMILES string of the molecule is CCCNc1nnc(C(=O)NCC(C)(C)OC)s1. The number of aromatic nitrogens is 2. The van der Waals surface area contributed by atoms with E-state index in [0.717, 1.165) is 13.0 Å². The highest BCUT2D eigenvalue weighted by molar-refractivity contribution is 7.17. The van der Waals surface area contributed by atoms with Crippen LogP contribution in [0.4, 0.5) is 5.13 Å². The van der Waals surface area contributed by atoms with E-state index in [1.165, 1.54) is 11.3 Å². The minimum Gasteiger partial charge on any atom is -0.377 e. The minimum atomic E-state index is -0.385. The van der Waals surface area contributed by atoms with Gasteiger partial charge in [-0.15, -0.1) is 10.2 Å². The lowest BCUT2D eigenvalue weighted by atomic mass is 10.1. The number of rotatable bonds is 7. The van der Waals surface area contributed by atoms with Gasteiger partial charge in [0.15, 0.2) is 0 Å². The molecule has 7 heteroatoms. The molecule has 0 radical (unpaired) electrons. The van der Waals surface area contributed by atoms with Crippen molar-refractivity contribution < 1.29 is 9.53 Å². The molecule has 0 aliphatic heterocycles. The van der Waals surface area contributed by atoms with Crippen LogP contribution in [0, 0.1) is 0 Å². The van der Waals surface area contributed by atoms with Crippen LogP contribution in [0.25, 0.3) is 0 Å². The van der Waals surface area contributed by atoms with Crippen molar-refractivity contribution in [3.8, 4) is 0 Å². The molecule has 0 saturated heterocycles. The Hall–Kier alpha value is -1.21. The molecule has 0 fully saturated rings. The monoisotopic (exact) mass is 272 g/mol. The second-order valence-corrected chi connectivity index (χ2v) is 5.46. The summed E-state index contributed by atoms with van der Waals surface area (Å²) in [4.78, 5) is 11.8. The van der Waals surface area contributed by atoms with E-state index in [2.05, 4.69) is 27.8 Å². The lowest BCUT2D eigenvalue weighted by Crippen LogP contribution is -2.39. The topological polar surface area (TPSA) is 76.1 Å². The molecule has 0 bridgehead atoms. The predicted octanol–water partition coefficient (Wildman–Crippen LogP) is 1.51. The number of carbonyl (C=O) groups is 1. The number of hydrogen-bond donors (Lipinski definition) is 2. The van der Waals surface area contributed by atoms with E-state index < -0.39 is 0 Å². The number of amides is 1. The Morgan fingerprint density at radius 3 is 2.78 bits per heavy atom. The number of anilines is 1. The van der Waals surface area contributed by atoms with Crippen molar-refractivity contribution in [1.82, 2.24) is 15.5 Å². The molecule has 0 spiro atoms. The summed E-state index contributed by atoms with van der Waals surface area (Å²) in [5, 5.41) is 14.7. The molecular weight excluding hydrogens is 252 g/mol. The van der Waals surface area contributed by atoms with E-state index in [9.17, 15) is 4.79 Å². The fourth-order valence-electron chi connectivity index (χ4n) is 1.06. The smallest absolute Gasteiger partial charge is 0.282 e. The third-order valence-corrected chi connectivity index (χ3v) is 3.25. The van der Waals surface area contributed by atoms with Crippen LogP contribution in [0.2, 0.25) is 0 Å². The van der Waals surface area contributed by atoms with Gasteiger partial charge in [0, 0.05) is 20.2 Å². The van der Waals surface area contributed by atoms with Gasteiger partial charge in [-0.05, 0) is 20.3 Å². The van der Waals surface area contributed by atoms with Crippen LogP contribution >= 0.6 is 11.3 Å². The summed E-state index contributed by atoms with van der Waals surface area (Å²) in [5.41, 5.74) is -0.385. The largest absolute Gasteiger partial charge is 0.377 e. The van der Waals surface area contributed by atoms with Crippen LogP contribution in [0.3, 0.4) is 0 Å². The molecule has 1 heterocycles. The van der Waals surface area contributed by atoms with Crippen LogP contribution in [-0.2, 0) is 4.74 Å². The summed E-state index contributed by atoms with van der Waals surface area (Å²) in [6.07, 6.45) is 1.00. The molecule has 18 heavy (non-hydrogen) atoms. The molecule has 0 atom stereocenters. The van der Waals surface area contributed by atoms with Crippen LogP contribution in [0.15, 0.2) is 0 Å². The van der Waals surface area contributed by atoms with Crippen LogP contribution < -0.4 is 10.6 Å². The second-order valence-electron chi connectivity index (χ2n) is 4.49. The summed E-state index contributed by atoms with van der Waals surface area (Å²) in [5.74, 6) is -0.220. The molecule has 0 aliphatic rings. The highest BCUT2D eigenvalue weighted by Crippen LogP contribution is 2.15. The standard InChI is InChI=1S/C11H20N4O2S/c1-5-6-12-10-15-14-9(18-10)8(16)13-7-11(2,3)17-4/h5-7H2,1-4H3,(H,12,15)(H,13,16). The van der Waals surface area contributed by atoms with Gasteiger partial charge in [-0.2, -0.15) is 0 Å². The van der Waals surface area contributed by atoms with E-state index in [0.29, 0.717) is 16.7 Å². The maximum absolute atomic E-state index is 11.8. The summed E-state index contributed by atoms with van der Waals surface area (Å²) in [7, 11) is 1.61. The lowest BCUT2D eigenvalue weighted by molar-refractivity contribution is 0.0228. The summed E-state index contributed by atoms with van der Waals surface area (Å²) < 4.78 is 5.22. The first-order valence-electron chi connectivity index (χ1n) is 5.89. The molecule has 6 nitrogen and oxygen atoms in total. The highest BCUT2D eigenvalue weighted by Gasteiger charge is 2.19. The van der Waals surface area contributed by atoms with Gasteiger partial charge in [0.25, 0.3) is 5.91 Å². The Bertz CT molecular complexity index is 392. The van der Waals surface area contributed by atoms with E-state index in [4.69, 9.17) is 4.74 Å². The quantitative estimate of drug-likeness (QED) is 0.787. The zero-order chi connectivity index (χ0) is 13.6. The molecule has 0 aliphatic carbocycles. The van der Waals surface area contributed by atoms with Gasteiger partial charge in [0.2, 0.25) is 10.1 Å². The van der Waals surface area contributed by atoms with E-state index >= 15 is 0 Å². The number of carbonyl (C=O) groups excluding carboxylic acids is 1. The summed E-state index contributed by atoms with van der Waals surface area (Å²) in [6.45, 7) is 7.13. The molecule has 0 unspecified atom stereocenters. The molecule has 1 aromatic rings. The van der Waals surface area contributed by atoms with Gasteiger partial charge >= 0.3 is 0 Å². The number of hydrogen-bond acceptors (Lipinski definition) is 6. The zero-order valence-corrected chi connectivity index (χ0v) is 12.1. The van der Waals surface area contributed by atoms with Crippen molar-refractivity contribution in [2.75, 3.05) is 25.5 Å². The predicted molar refractivity (Wildman–Crippen MR) is 72.1 cm³/mol. The first-order chi connectivity index (χ1) is 8.48. The second kappa shape index (κ2) is 6.65. The van der Waals surface area contributed by atoms with Crippen molar-refractivity contribution in [2.45, 2.75) is 32.8 Å². The van der Waals surface area contributed by atoms with Crippen molar-refractivity contribution in [3.05, 3.63) is 5.01 Å². The normalized spacial score (nSPS) is 11.3. The van der Waals surface area contributed by atoms with E-state index in [-0.39, 0.29) is 11.5 Å². The van der Waals surface area contributed by atoms with Gasteiger partial charge in [-0.1, -0.05) is 18.3 Å². The van der Waals surface area contributed by atoms with Gasteiger partial charge in [0.05, 0.1) is 5.60 Å². The van der Waals surface area contributed by atoms with Crippen LogP contribution in [0.5, 0.6) is 0 Å². The molecule has 0 aromatic carbocycles. The Kier molecular flexibility index (Phi) is 5.49. The van der Waals surface area contributed by atoms with Gasteiger partial charge in [-0.3, -0.25) is 4.79 Å². The van der Waals surface area contributed by atoms with Crippen molar-refractivity contribution >= 4 is 22.4 Å². The van der Waals surface area contributed by atoms with Gasteiger partial charge in [0.1, 0.15) is 0 Å². The Balaban J connectivity index is 2.49. The molecule has 0 saturated carbocycles. The average molecular weight is 272 g/mol. The number of methoxy groups -OCH3 is 1. The Morgan fingerprint density at radius 1 is 1.44 bits per heavy atom. The van der Waals surface area contributed by atoms with Crippen LogP contribution in [-0.4, -0.2) is 41.9 Å². The van der Waals surface area contributed by atoms with Crippen molar-refractivity contribution in [3.63, 3.8) is 0 Å². The third-order valence-electron chi connectivity index (χ3n) is 2.37. The minimum absolute atomic E-state index is 0.220. The van der Waals surface area contributed by atoms with Crippen molar-refractivity contribution in [2.24, 2.45) is 0 Å². The average Bonchev–Trinajstić information content (AvgIpc) is 2.82. The molecule has 1 aromatic heterocycles. The zero-order valence-electron chi connectivity index (χ0n) is 11.2. The lowest BCUT2D eigenvalue weighted by Gasteiger charge is -2.22.